The van der Waals surface area contributed by atoms with Crippen LogP contribution in [0, 0.1) is 13.0 Å². The van der Waals surface area contributed by atoms with Crippen LogP contribution in [0.5, 0.6) is 0 Å². The molecule has 7 heterocycles. The molecule has 2 aromatic heterocycles. The van der Waals surface area contributed by atoms with Gasteiger partial charge in [0.15, 0.2) is 11.6 Å². The SMILES string of the molecule is Cc1nn2c(N3CCN(CCO)CC3)cc(-c3cccc(CCN4CCN(CCN5CCC(c6c[c-]cc7c6CN(C6CCC(=O)NC6=O)C7=O)CC5)CC4)c3)nc2c1-c1ccccc1.[Hf]. The number of piperazine rings is 2. The zero-order valence-corrected chi connectivity index (χ0v) is 41.7. The van der Waals surface area contributed by atoms with Gasteiger partial charge < -0.3 is 24.7 Å². The van der Waals surface area contributed by atoms with Gasteiger partial charge in [-0.15, -0.1) is 11.1 Å². The molecule has 4 fully saturated rings. The first kappa shape index (κ1) is 46.5. The minimum absolute atomic E-state index is 0. The number of carbonyl (C=O) groups is 3. The number of aliphatic hydroxyl groups is 1. The molecule has 0 saturated carbocycles. The molecule has 5 aliphatic rings. The summed E-state index contributed by atoms with van der Waals surface area (Å²) in [4.78, 5) is 57.3. The van der Waals surface area contributed by atoms with Gasteiger partial charge in [0.05, 0.1) is 18.0 Å². The molecule has 0 aliphatic carbocycles. The van der Waals surface area contributed by atoms with E-state index in [1.54, 1.807) is 11.0 Å². The molecule has 66 heavy (non-hydrogen) atoms. The molecule has 15 heteroatoms. The van der Waals surface area contributed by atoms with E-state index in [0.29, 0.717) is 31.0 Å². The number of aliphatic hydroxyl groups excluding tert-OH is 1. The van der Waals surface area contributed by atoms with Crippen molar-refractivity contribution in [1.29, 1.82) is 0 Å². The van der Waals surface area contributed by atoms with Crippen molar-refractivity contribution >= 4 is 29.2 Å². The van der Waals surface area contributed by atoms with Gasteiger partial charge in [-0.05, 0) is 62.9 Å². The number of fused-ring (bicyclic) bond motifs is 2. The van der Waals surface area contributed by atoms with E-state index in [9.17, 15) is 19.5 Å². The van der Waals surface area contributed by atoms with E-state index in [2.05, 4.69) is 103 Å². The van der Waals surface area contributed by atoms with Gasteiger partial charge in [0.2, 0.25) is 11.8 Å². The molecule has 3 aromatic carbocycles. The van der Waals surface area contributed by atoms with Gasteiger partial charge in [-0.25, -0.2) is 4.98 Å². The van der Waals surface area contributed by atoms with E-state index in [4.69, 9.17) is 10.1 Å². The van der Waals surface area contributed by atoms with E-state index in [0.717, 1.165) is 149 Å². The summed E-state index contributed by atoms with van der Waals surface area (Å²) < 4.78 is 2.04. The van der Waals surface area contributed by atoms with E-state index >= 15 is 0 Å². The molecule has 5 aliphatic heterocycles. The number of rotatable bonds is 13. The summed E-state index contributed by atoms with van der Waals surface area (Å²) in [6.07, 6.45) is 3.70. The molecule has 2 N–H and O–H groups in total. The summed E-state index contributed by atoms with van der Waals surface area (Å²) in [5.41, 5.74) is 10.3. The number of β-amino-alcohol motifs (C(OH)–C–C–N with tert-alkyl or cyclic N) is 1. The predicted octanol–water partition coefficient (Wildman–Crippen LogP) is 4.08. The van der Waals surface area contributed by atoms with Crippen molar-refractivity contribution in [3.63, 3.8) is 0 Å². The first-order valence-corrected chi connectivity index (χ1v) is 23.8. The normalized spacial score (nSPS) is 20.5. The molecule has 0 radical (unpaired) electrons. The van der Waals surface area contributed by atoms with Gasteiger partial charge in [0.25, 0.3) is 0 Å². The predicted molar refractivity (Wildman–Crippen MR) is 251 cm³/mol. The average Bonchev–Trinajstić information content (AvgIpc) is 3.86. The maximum Gasteiger partial charge on any atom is 0.249 e. The van der Waals surface area contributed by atoms with Gasteiger partial charge in [0.1, 0.15) is 11.9 Å². The Morgan fingerprint density at radius 1 is 0.758 bits per heavy atom. The van der Waals surface area contributed by atoms with E-state index in [1.165, 1.54) is 11.1 Å². The quantitative estimate of drug-likeness (QED) is 0.101. The third kappa shape index (κ3) is 9.84. The van der Waals surface area contributed by atoms with Crippen LogP contribution in [-0.4, -0.2) is 166 Å². The van der Waals surface area contributed by atoms with E-state index in [-0.39, 0.29) is 56.6 Å². The number of aryl methyl sites for hydroxylation is 1. The molecule has 14 nitrogen and oxygen atoms in total. The second kappa shape index (κ2) is 20.7. The second-order valence-electron chi connectivity index (χ2n) is 18.6. The molecular weight excluding hydrogens is 995 g/mol. The number of hydrogen-bond acceptors (Lipinski definition) is 11. The maximum atomic E-state index is 13.4. The smallest absolute Gasteiger partial charge is 0.249 e. The Balaban J connectivity index is 0.00000548. The third-order valence-electron chi connectivity index (χ3n) is 14.6. The Morgan fingerprint density at radius 2 is 1.44 bits per heavy atom. The molecule has 344 valence electrons. The van der Waals surface area contributed by atoms with Crippen LogP contribution >= 0.6 is 0 Å². The molecule has 1 atom stereocenters. The van der Waals surface area contributed by atoms with Crippen LogP contribution in [-0.2, 0) is 48.4 Å². The average molecular weight is 1060 g/mol. The number of carbonyl (C=O) groups excluding carboxylic acids is 3. The minimum Gasteiger partial charge on any atom is -0.395 e. The van der Waals surface area contributed by atoms with Crippen LogP contribution in [0.4, 0.5) is 5.82 Å². The van der Waals surface area contributed by atoms with Crippen molar-refractivity contribution in [2.75, 3.05) is 103 Å². The van der Waals surface area contributed by atoms with Gasteiger partial charge in [-0.2, -0.15) is 27.8 Å². The number of imide groups is 1. The van der Waals surface area contributed by atoms with Gasteiger partial charge in [0, 0.05) is 135 Å². The number of nitrogens with zero attached hydrogens (tertiary/aromatic N) is 9. The molecule has 0 bridgehead atoms. The molecule has 3 amide bonds. The number of anilines is 1. The van der Waals surface area contributed by atoms with Gasteiger partial charge in [-0.1, -0.05) is 60.0 Å². The van der Waals surface area contributed by atoms with Gasteiger partial charge >= 0.3 is 0 Å². The van der Waals surface area contributed by atoms with Crippen molar-refractivity contribution < 1.29 is 45.3 Å². The summed E-state index contributed by atoms with van der Waals surface area (Å²) in [5, 5.41) is 17.0. The van der Waals surface area contributed by atoms with Crippen LogP contribution in [0.1, 0.15) is 64.3 Å². The molecule has 5 aromatic rings. The van der Waals surface area contributed by atoms with Crippen molar-refractivity contribution in [2.45, 2.75) is 57.5 Å². The van der Waals surface area contributed by atoms with E-state index in [1.807, 2.05) is 10.6 Å². The van der Waals surface area contributed by atoms with E-state index < -0.39 is 6.04 Å². The molecule has 4 saturated heterocycles. The Hall–Kier alpha value is -4.64. The van der Waals surface area contributed by atoms with Gasteiger partial charge in [-0.3, -0.25) is 29.5 Å². The molecular formula is C51H61HfN10O4-. The number of hydrogen-bond donors (Lipinski definition) is 2. The first-order chi connectivity index (χ1) is 31.8. The standard InChI is InChI=1S/C51H61N10O4.Hf/c1-36-48(39-8-3-2-4-9-39)49-52-44(34-47(61(49)54-36)59-29-27-58(28-30-59)31-32-62)40-10-5-7-37(33-40)15-18-56-22-25-57(26-23-56)24-21-55-19-16-38(17-20-55)41-11-6-12-42-43(41)35-60(51(42)65)45-13-14-46(63)53-50(45)64;/h2-5,7-12,33-34,38,45,62H,13-32,35H2,1H3,(H,53,63,64);/q-1;. The zero-order valence-electron chi connectivity index (χ0n) is 38.1. The van der Waals surface area contributed by atoms with Crippen LogP contribution in [0.15, 0.2) is 72.8 Å². The summed E-state index contributed by atoms with van der Waals surface area (Å²) in [5.74, 6) is 0.664. The number of nitrogens with one attached hydrogen (secondary N) is 1. The Bertz CT molecular complexity index is 2530. The molecule has 10 rings (SSSR count). The topological polar surface area (TPSA) is 133 Å². The maximum absolute atomic E-state index is 13.4. The zero-order chi connectivity index (χ0) is 44.4. The number of amides is 3. The Morgan fingerprint density at radius 3 is 2.17 bits per heavy atom. The van der Waals surface area contributed by atoms with Crippen molar-refractivity contribution in [3.05, 3.63) is 107 Å². The summed E-state index contributed by atoms with van der Waals surface area (Å²) in [6, 6.07) is 28.1. The number of likely N-dealkylation sites (tertiary alicyclic amines) is 1. The summed E-state index contributed by atoms with van der Waals surface area (Å²) in [7, 11) is 0. The monoisotopic (exact) mass is 1060 g/mol. The fraction of sp³-hybridized carbons (Fsp3) is 0.471. The third-order valence-corrected chi connectivity index (χ3v) is 14.6. The largest absolute Gasteiger partial charge is 0.395 e. The minimum atomic E-state index is -0.597. The van der Waals surface area contributed by atoms with Crippen LogP contribution in [0.25, 0.3) is 28.0 Å². The Kier molecular flexibility index (Phi) is 14.6. The van der Waals surface area contributed by atoms with Crippen LogP contribution in [0.2, 0.25) is 0 Å². The first-order valence-electron chi connectivity index (χ1n) is 23.8. The summed E-state index contributed by atoms with van der Waals surface area (Å²) >= 11 is 0. The Labute approximate surface area is 406 Å². The number of aromatic nitrogens is 3. The molecule has 0 spiro atoms. The molecule has 1 unspecified atom stereocenters. The fourth-order valence-electron chi connectivity index (χ4n) is 10.8. The number of benzene rings is 3. The van der Waals surface area contributed by atoms with Crippen molar-refractivity contribution in [1.82, 2.24) is 44.4 Å². The second-order valence-corrected chi connectivity index (χ2v) is 18.6. The van der Waals surface area contributed by atoms with Crippen molar-refractivity contribution in [2.24, 2.45) is 0 Å². The van der Waals surface area contributed by atoms with Crippen LogP contribution in [0.3, 0.4) is 0 Å². The van der Waals surface area contributed by atoms with Crippen molar-refractivity contribution in [3.8, 4) is 22.4 Å². The summed E-state index contributed by atoms with van der Waals surface area (Å²) in [6.45, 7) is 16.4. The fourth-order valence-corrected chi connectivity index (χ4v) is 10.8. The number of piperidine rings is 2. The van der Waals surface area contributed by atoms with Crippen LogP contribution < -0.4 is 10.2 Å².